The second-order valence-electron chi connectivity index (χ2n) is 7.41. The second kappa shape index (κ2) is 8.80. The molecule has 1 aliphatic heterocycles. The Morgan fingerprint density at radius 3 is 2.76 bits per heavy atom. The summed E-state index contributed by atoms with van der Waals surface area (Å²) in [6.45, 7) is 9.75. The lowest BCUT2D eigenvalue weighted by Crippen LogP contribution is -2.37. The minimum absolute atomic E-state index is 0.828. The summed E-state index contributed by atoms with van der Waals surface area (Å²) in [7, 11) is 1.69. The first-order valence-corrected chi connectivity index (χ1v) is 10.2. The number of anilines is 1. The second-order valence-corrected chi connectivity index (χ2v) is 7.41. The van der Waals surface area contributed by atoms with Gasteiger partial charge in [-0.15, -0.1) is 0 Å². The smallest absolute Gasteiger partial charge is 0.165 e. The molecule has 3 heterocycles. The van der Waals surface area contributed by atoms with Crippen LogP contribution in [-0.4, -0.2) is 66.0 Å². The van der Waals surface area contributed by atoms with Crippen molar-refractivity contribution in [2.75, 3.05) is 51.8 Å². The van der Waals surface area contributed by atoms with Crippen molar-refractivity contribution >= 4 is 11.5 Å². The van der Waals surface area contributed by atoms with Crippen LogP contribution < -0.4 is 10.1 Å². The standard InChI is InChI=1S/C22H29N5O2/c1-16-15-20(23-9-6-10-26-11-13-29-14-12-26)27-22(24-16)21(17(2)25-27)18-7-4-5-8-19(18)28-3/h4-5,7-8,15,23H,6,9-14H2,1-3H3. The number of rotatable bonds is 7. The van der Waals surface area contributed by atoms with E-state index in [1.54, 1.807) is 7.11 Å². The van der Waals surface area contributed by atoms with E-state index < -0.39 is 0 Å². The van der Waals surface area contributed by atoms with Gasteiger partial charge in [0.1, 0.15) is 11.6 Å². The SMILES string of the molecule is COc1ccccc1-c1c(C)nn2c(NCCCN3CCOCC3)cc(C)nc12. The third-order valence-corrected chi connectivity index (χ3v) is 5.33. The van der Waals surface area contributed by atoms with Crippen LogP contribution >= 0.6 is 0 Å². The monoisotopic (exact) mass is 395 g/mol. The van der Waals surface area contributed by atoms with Crippen molar-refractivity contribution in [3.05, 3.63) is 41.7 Å². The topological polar surface area (TPSA) is 63.9 Å². The van der Waals surface area contributed by atoms with Crippen LogP contribution in [0.25, 0.3) is 16.8 Å². The Labute approximate surface area is 171 Å². The molecular weight excluding hydrogens is 366 g/mol. The Hall–Kier alpha value is -2.64. The summed E-state index contributed by atoms with van der Waals surface area (Å²) in [4.78, 5) is 7.25. The van der Waals surface area contributed by atoms with E-state index in [0.29, 0.717) is 0 Å². The third kappa shape index (κ3) is 4.21. The number of aryl methyl sites for hydroxylation is 2. The number of morpholine rings is 1. The van der Waals surface area contributed by atoms with E-state index in [1.807, 2.05) is 36.6 Å². The molecule has 7 nitrogen and oxygen atoms in total. The summed E-state index contributed by atoms with van der Waals surface area (Å²) >= 11 is 0. The molecule has 1 aliphatic rings. The largest absolute Gasteiger partial charge is 0.496 e. The molecule has 0 radical (unpaired) electrons. The lowest BCUT2D eigenvalue weighted by molar-refractivity contribution is 0.0378. The van der Waals surface area contributed by atoms with Gasteiger partial charge in [-0.2, -0.15) is 9.61 Å². The third-order valence-electron chi connectivity index (χ3n) is 5.33. The minimum atomic E-state index is 0.828. The van der Waals surface area contributed by atoms with Gasteiger partial charge in [0.15, 0.2) is 5.65 Å². The minimum Gasteiger partial charge on any atom is -0.496 e. The Morgan fingerprint density at radius 2 is 1.97 bits per heavy atom. The van der Waals surface area contributed by atoms with Crippen molar-refractivity contribution in [3.63, 3.8) is 0 Å². The maximum Gasteiger partial charge on any atom is 0.165 e. The highest BCUT2D eigenvalue weighted by Gasteiger charge is 2.18. The molecule has 29 heavy (non-hydrogen) atoms. The predicted octanol–water partition coefficient (Wildman–Crippen LogP) is 3.16. The summed E-state index contributed by atoms with van der Waals surface area (Å²) in [5.41, 5.74) is 4.78. The molecule has 1 fully saturated rings. The van der Waals surface area contributed by atoms with E-state index in [4.69, 9.17) is 19.6 Å². The number of methoxy groups -OCH3 is 1. The number of para-hydroxylation sites is 1. The fraction of sp³-hybridized carbons (Fsp3) is 0.455. The summed E-state index contributed by atoms with van der Waals surface area (Å²) in [6.07, 6.45) is 1.07. The fourth-order valence-electron chi connectivity index (χ4n) is 3.88. The number of nitrogens with zero attached hydrogens (tertiary/aromatic N) is 4. The van der Waals surface area contributed by atoms with E-state index in [2.05, 4.69) is 22.3 Å². The van der Waals surface area contributed by atoms with Gasteiger partial charge < -0.3 is 14.8 Å². The molecule has 0 atom stereocenters. The van der Waals surface area contributed by atoms with Gasteiger partial charge in [0.2, 0.25) is 0 Å². The molecule has 0 bridgehead atoms. The van der Waals surface area contributed by atoms with Crippen LogP contribution in [-0.2, 0) is 4.74 Å². The first-order chi connectivity index (χ1) is 14.2. The number of aromatic nitrogens is 3. The van der Waals surface area contributed by atoms with Crippen molar-refractivity contribution < 1.29 is 9.47 Å². The number of ether oxygens (including phenoxy) is 2. The highest BCUT2D eigenvalue weighted by atomic mass is 16.5. The average molecular weight is 396 g/mol. The summed E-state index contributed by atoms with van der Waals surface area (Å²) in [5.74, 6) is 1.80. The highest BCUT2D eigenvalue weighted by Crippen LogP contribution is 2.35. The molecule has 1 aromatic carbocycles. The molecule has 0 unspecified atom stereocenters. The van der Waals surface area contributed by atoms with Crippen molar-refractivity contribution in [2.24, 2.45) is 0 Å². The lowest BCUT2D eigenvalue weighted by atomic mass is 10.1. The first kappa shape index (κ1) is 19.7. The average Bonchev–Trinajstić information content (AvgIpc) is 3.07. The number of benzene rings is 1. The fourth-order valence-corrected chi connectivity index (χ4v) is 3.88. The van der Waals surface area contributed by atoms with Gasteiger partial charge in [-0.25, -0.2) is 4.98 Å². The Balaban J connectivity index is 1.57. The van der Waals surface area contributed by atoms with Crippen LogP contribution in [0.5, 0.6) is 5.75 Å². The van der Waals surface area contributed by atoms with Crippen molar-refractivity contribution in [3.8, 4) is 16.9 Å². The van der Waals surface area contributed by atoms with E-state index in [9.17, 15) is 0 Å². The van der Waals surface area contributed by atoms with Gasteiger partial charge in [0.05, 0.1) is 31.6 Å². The van der Waals surface area contributed by atoms with Crippen molar-refractivity contribution in [1.29, 1.82) is 0 Å². The zero-order valence-corrected chi connectivity index (χ0v) is 17.4. The van der Waals surface area contributed by atoms with Gasteiger partial charge in [-0.1, -0.05) is 18.2 Å². The number of nitrogens with one attached hydrogen (secondary N) is 1. The molecule has 0 spiro atoms. The van der Waals surface area contributed by atoms with Gasteiger partial charge in [-0.3, -0.25) is 4.90 Å². The van der Waals surface area contributed by atoms with E-state index in [0.717, 1.165) is 85.5 Å². The van der Waals surface area contributed by atoms with Crippen LogP contribution in [0.1, 0.15) is 17.8 Å². The molecule has 154 valence electrons. The van der Waals surface area contributed by atoms with Crippen LogP contribution in [0.2, 0.25) is 0 Å². The molecule has 0 saturated carbocycles. The number of hydrogen-bond acceptors (Lipinski definition) is 6. The van der Waals surface area contributed by atoms with Gasteiger partial charge in [0.25, 0.3) is 0 Å². The first-order valence-electron chi connectivity index (χ1n) is 10.2. The maximum absolute atomic E-state index is 5.58. The maximum atomic E-state index is 5.58. The normalized spacial score (nSPS) is 15.0. The van der Waals surface area contributed by atoms with Crippen LogP contribution in [0.15, 0.2) is 30.3 Å². The number of hydrogen-bond donors (Lipinski definition) is 1. The summed E-state index contributed by atoms with van der Waals surface area (Å²) < 4.78 is 12.9. The molecule has 1 saturated heterocycles. The van der Waals surface area contributed by atoms with Crippen LogP contribution in [0.3, 0.4) is 0 Å². The Bertz CT molecular complexity index is 979. The molecule has 7 heteroatoms. The van der Waals surface area contributed by atoms with Crippen LogP contribution in [0.4, 0.5) is 5.82 Å². The molecule has 0 aliphatic carbocycles. The Morgan fingerprint density at radius 1 is 1.17 bits per heavy atom. The van der Waals surface area contributed by atoms with E-state index >= 15 is 0 Å². The quantitative estimate of drug-likeness (QED) is 0.620. The molecule has 3 aromatic rings. The Kier molecular flexibility index (Phi) is 5.97. The highest BCUT2D eigenvalue weighted by molar-refractivity contribution is 5.84. The number of fused-ring (bicyclic) bond motifs is 1. The molecule has 0 amide bonds. The molecule has 4 rings (SSSR count). The molecule has 1 N–H and O–H groups in total. The molecule has 2 aromatic heterocycles. The zero-order chi connectivity index (χ0) is 20.2. The van der Waals surface area contributed by atoms with E-state index in [1.165, 1.54) is 0 Å². The predicted molar refractivity (Wildman–Crippen MR) is 115 cm³/mol. The van der Waals surface area contributed by atoms with Crippen molar-refractivity contribution in [2.45, 2.75) is 20.3 Å². The lowest BCUT2D eigenvalue weighted by Gasteiger charge is -2.26. The van der Waals surface area contributed by atoms with Crippen molar-refractivity contribution in [1.82, 2.24) is 19.5 Å². The summed E-state index contributed by atoms with van der Waals surface area (Å²) in [6, 6.07) is 10.1. The van der Waals surface area contributed by atoms with E-state index in [-0.39, 0.29) is 0 Å². The van der Waals surface area contributed by atoms with Gasteiger partial charge in [-0.05, 0) is 32.9 Å². The summed E-state index contributed by atoms with van der Waals surface area (Å²) in [5, 5.41) is 8.34. The zero-order valence-electron chi connectivity index (χ0n) is 17.4. The van der Waals surface area contributed by atoms with Gasteiger partial charge >= 0.3 is 0 Å². The molecular formula is C22H29N5O2. The van der Waals surface area contributed by atoms with Gasteiger partial charge in [0, 0.05) is 37.0 Å². The van der Waals surface area contributed by atoms with Crippen LogP contribution in [0, 0.1) is 13.8 Å².